The first-order valence-electron chi connectivity index (χ1n) is 9.04. The lowest BCUT2D eigenvalue weighted by Crippen LogP contribution is -2.17. The van der Waals surface area contributed by atoms with E-state index in [0.717, 1.165) is 47.2 Å². The fraction of sp³-hybridized carbons (Fsp3) is 0.217. The zero-order valence-electron chi connectivity index (χ0n) is 15.5. The van der Waals surface area contributed by atoms with Gasteiger partial charge in [-0.05, 0) is 48.4 Å². The van der Waals surface area contributed by atoms with Gasteiger partial charge in [0.25, 0.3) is 0 Å². The fourth-order valence-electron chi connectivity index (χ4n) is 2.89. The lowest BCUT2D eigenvalue weighted by Gasteiger charge is -2.13. The van der Waals surface area contributed by atoms with Crippen LogP contribution in [0, 0.1) is 0 Å². The maximum Gasteiger partial charge on any atom is 0.124 e. The van der Waals surface area contributed by atoms with Crippen LogP contribution in [-0.4, -0.2) is 13.7 Å². The summed E-state index contributed by atoms with van der Waals surface area (Å²) in [5.74, 6) is 1.84. The van der Waals surface area contributed by atoms with Crippen LogP contribution >= 0.6 is 11.6 Å². The summed E-state index contributed by atoms with van der Waals surface area (Å²) >= 11 is 5.93. The van der Waals surface area contributed by atoms with Gasteiger partial charge in [0.15, 0.2) is 0 Å². The summed E-state index contributed by atoms with van der Waals surface area (Å²) in [6, 6.07) is 24.0. The lowest BCUT2D eigenvalue weighted by atomic mass is 10.1. The summed E-state index contributed by atoms with van der Waals surface area (Å²) in [6.45, 7) is 2.15. The molecule has 0 saturated heterocycles. The average Bonchev–Trinajstić information content (AvgIpc) is 2.72. The second-order valence-electron chi connectivity index (χ2n) is 6.26. The Morgan fingerprint density at radius 1 is 0.815 bits per heavy atom. The van der Waals surface area contributed by atoms with Crippen molar-refractivity contribution in [3.05, 3.63) is 94.5 Å². The van der Waals surface area contributed by atoms with Crippen molar-refractivity contribution >= 4 is 11.6 Å². The summed E-state index contributed by atoms with van der Waals surface area (Å²) in [4.78, 5) is 0. The van der Waals surface area contributed by atoms with Gasteiger partial charge < -0.3 is 14.8 Å². The van der Waals surface area contributed by atoms with E-state index in [4.69, 9.17) is 21.1 Å². The van der Waals surface area contributed by atoms with E-state index < -0.39 is 0 Å². The minimum atomic E-state index is 0.523. The van der Waals surface area contributed by atoms with Crippen molar-refractivity contribution in [2.75, 3.05) is 13.7 Å². The second kappa shape index (κ2) is 10.0. The Bertz CT molecular complexity index is 849. The largest absolute Gasteiger partial charge is 0.496 e. The Kier molecular flexibility index (Phi) is 7.14. The number of nitrogens with one attached hydrogen (secondary N) is 1. The second-order valence-corrected chi connectivity index (χ2v) is 6.70. The van der Waals surface area contributed by atoms with Gasteiger partial charge in [0.05, 0.1) is 7.11 Å². The maximum atomic E-state index is 6.01. The number of methoxy groups -OCH3 is 1. The Hall–Kier alpha value is -2.49. The van der Waals surface area contributed by atoms with Crippen LogP contribution < -0.4 is 14.8 Å². The molecular weight excluding hydrogens is 358 g/mol. The highest BCUT2D eigenvalue weighted by Gasteiger charge is 2.05. The van der Waals surface area contributed by atoms with E-state index in [-0.39, 0.29) is 0 Å². The summed E-state index contributed by atoms with van der Waals surface area (Å²) < 4.78 is 11.4. The van der Waals surface area contributed by atoms with Crippen molar-refractivity contribution in [1.29, 1.82) is 0 Å². The topological polar surface area (TPSA) is 30.5 Å². The summed E-state index contributed by atoms with van der Waals surface area (Å²) in [5, 5.41) is 4.23. The molecule has 3 aromatic rings. The van der Waals surface area contributed by atoms with E-state index in [2.05, 4.69) is 17.4 Å². The molecule has 27 heavy (non-hydrogen) atoms. The van der Waals surface area contributed by atoms with Crippen LogP contribution in [0.15, 0.2) is 72.8 Å². The molecular formula is C23H24ClNO2. The van der Waals surface area contributed by atoms with Crippen LogP contribution in [-0.2, 0) is 19.6 Å². The third kappa shape index (κ3) is 5.75. The number of benzene rings is 3. The molecule has 0 aliphatic rings. The number of halogens is 1. The molecule has 0 saturated carbocycles. The predicted molar refractivity (Wildman–Crippen MR) is 111 cm³/mol. The SMILES string of the molecule is COc1ccccc1CCNCc1ccccc1OCc1ccc(Cl)cc1. The van der Waals surface area contributed by atoms with Gasteiger partial charge in [0.2, 0.25) is 0 Å². The van der Waals surface area contributed by atoms with Crippen molar-refractivity contribution in [3.63, 3.8) is 0 Å². The van der Waals surface area contributed by atoms with Crippen LogP contribution in [0.4, 0.5) is 0 Å². The van der Waals surface area contributed by atoms with Crippen LogP contribution in [0.1, 0.15) is 16.7 Å². The minimum Gasteiger partial charge on any atom is -0.496 e. The first-order valence-corrected chi connectivity index (χ1v) is 9.42. The van der Waals surface area contributed by atoms with E-state index in [9.17, 15) is 0 Å². The first kappa shape index (κ1) is 19.3. The molecule has 3 aromatic carbocycles. The quantitative estimate of drug-likeness (QED) is 0.513. The van der Waals surface area contributed by atoms with Gasteiger partial charge >= 0.3 is 0 Å². The monoisotopic (exact) mass is 381 g/mol. The van der Waals surface area contributed by atoms with Gasteiger partial charge in [-0.25, -0.2) is 0 Å². The molecule has 0 aromatic heterocycles. The average molecular weight is 382 g/mol. The molecule has 3 nitrogen and oxygen atoms in total. The Labute approximate surface area is 165 Å². The van der Waals surface area contributed by atoms with E-state index in [1.807, 2.05) is 60.7 Å². The van der Waals surface area contributed by atoms with Crippen molar-refractivity contribution in [2.45, 2.75) is 19.6 Å². The molecule has 0 aliphatic heterocycles. The number of rotatable bonds is 9. The van der Waals surface area contributed by atoms with E-state index in [0.29, 0.717) is 6.61 Å². The van der Waals surface area contributed by atoms with Gasteiger partial charge in [-0.2, -0.15) is 0 Å². The van der Waals surface area contributed by atoms with E-state index >= 15 is 0 Å². The van der Waals surface area contributed by atoms with E-state index in [1.165, 1.54) is 5.56 Å². The third-order valence-electron chi connectivity index (χ3n) is 4.36. The number of para-hydroxylation sites is 2. The highest BCUT2D eigenvalue weighted by Crippen LogP contribution is 2.20. The first-order chi connectivity index (χ1) is 13.3. The van der Waals surface area contributed by atoms with Gasteiger partial charge in [-0.1, -0.05) is 60.1 Å². The van der Waals surface area contributed by atoms with Crippen molar-refractivity contribution in [3.8, 4) is 11.5 Å². The molecule has 0 heterocycles. The van der Waals surface area contributed by atoms with Crippen LogP contribution in [0.25, 0.3) is 0 Å². The highest BCUT2D eigenvalue weighted by atomic mass is 35.5. The maximum absolute atomic E-state index is 6.01. The van der Waals surface area contributed by atoms with Crippen LogP contribution in [0.5, 0.6) is 11.5 Å². The highest BCUT2D eigenvalue weighted by molar-refractivity contribution is 6.30. The van der Waals surface area contributed by atoms with Crippen LogP contribution in [0.2, 0.25) is 5.02 Å². The lowest BCUT2D eigenvalue weighted by molar-refractivity contribution is 0.302. The molecule has 0 fully saturated rings. The van der Waals surface area contributed by atoms with Gasteiger partial charge in [-0.15, -0.1) is 0 Å². The number of hydrogen-bond acceptors (Lipinski definition) is 3. The molecule has 0 atom stereocenters. The molecule has 0 spiro atoms. The molecule has 3 rings (SSSR count). The van der Waals surface area contributed by atoms with Gasteiger partial charge in [-0.3, -0.25) is 0 Å². The van der Waals surface area contributed by atoms with Crippen LogP contribution in [0.3, 0.4) is 0 Å². The van der Waals surface area contributed by atoms with Gasteiger partial charge in [0, 0.05) is 17.1 Å². The fourth-order valence-corrected chi connectivity index (χ4v) is 3.01. The standard InChI is InChI=1S/C23H24ClNO2/c1-26-22-8-4-2-6-19(22)14-15-25-16-20-7-3-5-9-23(20)27-17-18-10-12-21(24)13-11-18/h2-13,25H,14-17H2,1H3. The summed E-state index contributed by atoms with van der Waals surface area (Å²) in [5.41, 5.74) is 3.45. The van der Waals surface area contributed by atoms with Crippen molar-refractivity contribution in [1.82, 2.24) is 5.32 Å². The Morgan fingerprint density at radius 2 is 1.48 bits per heavy atom. The molecule has 0 radical (unpaired) electrons. The molecule has 4 heteroatoms. The zero-order chi connectivity index (χ0) is 18.9. The van der Waals surface area contributed by atoms with Crippen molar-refractivity contribution in [2.24, 2.45) is 0 Å². The molecule has 0 bridgehead atoms. The zero-order valence-corrected chi connectivity index (χ0v) is 16.2. The summed E-state index contributed by atoms with van der Waals surface area (Å²) in [7, 11) is 1.71. The van der Waals surface area contributed by atoms with E-state index in [1.54, 1.807) is 7.11 Å². The molecule has 1 N–H and O–H groups in total. The third-order valence-corrected chi connectivity index (χ3v) is 4.61. The summed E-state index contributed by atoms with van der Waals surface area (Å²) in [6.07, 6.45) is 0.914. The Morgan fingerprint density at radius 3 is 2.22 bits per heavy atom. The molecule has 140 valence electrons. The Balaban J connectivity index is 1.52. The molecule has 0 amide bonds. The number of hydrogen-bond donors (Lipinski definition) is 1. The minimum absolute atomic E-state index is 0.523. The molecule has 0 aliphatic carbocycles. The predicted octanol–water partition coefficient (Wildman–Crippen LogP) is 5.26. The molecule has 0 unspecified atom stereocenters. The number of ether oxygens (including phenoxy) is 2. The van der Waals surface area contributed by atoms with Gasteiger partial charge in [0.1, 0.15) is 18.1 Å². The normalized spacial score (nSPS) is 10.6. The van der Waals surface area contributed by atoms with Crippen molar-refractivity contribution < 1.29 is 9.47 Å². The smallest absolute Gasteiger partial charge is 0.124 e.